The molecule has 0 aliphatic carbocycles. The molecule has 0 atom stereocenters. The second-order valence-electron chi connectivity index (χ2n) is 5.73. The molecule has 0 radical (unpaired) electrons. The molecular weight excluding hydrogens is 472 g/mol. The summed E-state index contributed by atoms with van der Waals surface area (Å²) in [5.41, 5.74) is -0.522. The van der Waals surface area contributed by atoms with Crippen molar-refractivity contribution < 1.29 is 28.4 Å². The van der Waals surface area contributed by atoms with Crippen LogP contribution in [-0.2, 0) is 14.3 Å². The normalized spacial score (nSPS) is 12.9. The zero-order chi connectivity index (χ0) is 21.5. The van der Waals surface area contributed by atoms with Crippen molar-refractivity contribution in [3.05, 3.63) is 43.0 Å². The largest absolute Gasteiger partial charge is 0.454 e. The fourth-order valence-corrected chi connectivity index (χ4v) is 3.48. The first-order valence-electron chi connectivity index (χ1n) is 7.72. The van der Waals surface area contributed by atoms with Crippen molar-refractivity contribution in [1.29, 1.82) is 0 Å². The van der Waals surface area contributed by atoms with Gasteiger partial charge in [-0.25, -0.2) is 0 Å². The number of ether oxygens (including phenoxy) is 1. The van der Waals surface area contributed by atoms with Crippen LogP contribution in [0.5, 0.6) is 0 Å². The Morgan fingerprint density at radius 2 is 1.62 bits per heavy atom. The molecule has 0 fully saturated rings. The molecule has 0 saturated carbocycles. The minimum Gasteiger partial charge on any atom is -0.454 e. The van der Waals surface area contributed by atoms with E-state index < -0.39 is 36.8 Å². The van der Waals surface area contributed by atoms with E-state index >= 15 is 0 Å². The molecular formula is C16H9Cl4N3O6. The molecule has 0 unspecified atom stereocenters. The van der Waals surface area contributed by atoms with Crippen LogP contribution in [0.25, 0.3) is 0 Å². The number of carbonyl (C=O) groups is 4. The SMILES string of the molecule is Cc1cc(NC(=O)COC(=O)CN2C(=O)c3c(Cl)c(Cl)c(Cl)c(Cl)c3C2=O)no1. The van der Waals surface area contributed by atoms with Crippen LogP contribution in [0, 0.1) is 6.92 Å². The summed E-state index contributed by atoms with van der Waals surface area (Å²) in [6.07, 6.45) is 0. The standard InChI is InChI=1S/C16H9Cl4N3O6/c1-5-2-6(22-29-5)21-7(24)4-28-8(25)3-23-15(26)9-10(16(23)27)12(18)14(20)13(19)11(9)17/h2H,3-4H2,1H3,(H,21,22,24). The maximum absolute atomic E-state index is 12.5. The third-order valence-corrected chi connectivity index (χ3v) is 5.53. The lowest BCUT2D eigenvalue weighted by atomic mass is 10.1. The molecule has 29 heavy (non-hydrogen) atoms. The average molecular weight is 481 g/mol. The number of hydrogen-bond donors (Lipinski definition) is 1. The van der Waals surface area contributed by atoms with Crippen molar-refractivity contribution in [3.8, 4) is 0 Å². The summed E-state index contributed by atoms with van der Waals surface area (Å²) >= 11 is 23.8. The molecule has 1 aromatic carbocycles. The molecule has 1 aliphatic heterocycles. The molecule has 152 valence electrons. The molecule has 3 amide bonds. The van der Waals surface area contributed by atoms with Crippen LogP contribution in [0.15, 0.2) is 10.6 Å². The Kier molecular flexibility index (Phi) is 6.04. The van der Waals surface area contributed by atoms with Crippen molar-refractivity contribution in [2.45, 2.75) is 6.92 Å². The van der Waals surface area contributed by atoms with E-state index in [2.05, 4.69) is 10.5 Å². The molecule has 1 aromatic heterocycles. The maximum Gasteiger partial charge on any atom is 0.326 e. The van der Waals surface area contributed by atoms with E-state index in [0.717, 1.165) is 0 Å². The number of imide groups is 1. The molecule has 2 aromatic rings. The lowest BCUT2D eigenvalue weighted by Gasteiger charge is -2.12. The van der Waals surface area contributed by atoms with Gasteiger partial charge < -0.3 is 14.6 Å². The molecule has 2 heterocycles. The average Bonchev–Trinajstić information content (AvgIpc) is 3.18. The van der Waals surface area contributed by atoms with Crippen LogP contribution in [-0.4, -0.2) is 46.9 Å². The van der Waals surface area contributed by atoms with E-state index in [4.69, 9.17) is 55.7 Å². The van der Waals surface area contributed by atoms with Crippen LogP contribution in [0.4, 0.5) is 5.82 Å². The topological polar surface area (TPSA) is 119 Å². The molecule has 9 nitrogen and oxygen atoms in total. The smallest absolute Gasteiger partial charge is 0.326 e. The van der Waals surface area contributed by atoms with Gasteiger partial charge in [0.2, 0.25) is 0 Å². The Morgan fingerprint density at radius 1 is 1.07 bits per heavy atom. The zero-order valence-electron chi connectivity index (χ0n) is 14.3. The van der Waals surface area contributed by atoms with Crippen molar-refractivity contribution in [2.75, 3.05) is 18.5 Å². The van der Waals surface area contributed by atoms with E-state index in [1.165, 1.54) is 6.07 Å². The Morgan fingerprint density at radius 3 is 2.10 bits per heavy atom. The van der Waals surface area contributed by atoms with Gasteiger partial charge in [-0.2, -0.15) is 0 Å². The summed E-state index contributed by atoms with van der Waals surface area (Å²) in [5, 5.41) is 4.99. The highest BCUT2D eigenvalue weighted by Gasteiger charge is 2.42. The van der Waals surface area contributed by atoms with Crippen LogP contribution in [0.3, 0.4) is 0 Å². The first-order valence-corrected chi connectivity index (χ1v) is 9.24. The lowest BCUT2D eigenvalue weighted by molar-refractivity contribution is -0.147. The third kappa shape index (κ3) is 4.04. The fourth-order valence-electron chi connectivity index (χ4n) is 2.46. The molecule has 1 N–H and O–H groups in total. The predicted molar refractivity (Wildman–Crippen MR) is 103 cm³/mol. The second kappa shape index (κ2) is 8.19. The number of nitrogens with one attached hydrogen (secondary N) is 1. The molecule has 0 saturated heterocycles. The van der Waals surface area contributed by atoms with Crippen molar-refractivity contribution in [2.24, 2.45) is 0 Å². The van der Waals surface area contributed by atoms with Gasteiger partial charge in [-0.05, 0) is 6.92 Å². The van der Waals surface area contributed by atoms with Crippen molar-refractivity contribution >= 4 is 75.9 Å². The van der Waals surface area contributed by atoms with Gasteiger partial charge >= 0.3 is 5.97 Å². The van der Waals surface area contributed by atoms with Gasteiger partial charge in [-0.1, -0.05) is 51.6 Å². The molecule has 3 rings (SSSR count). The number of hydrogen-bond acceptors (Lipinski definition) is 7. The van der Waals surface area contributed by atoms with Crippen LogP contribution < -0.4 is 5.32 Å². The summed E-state index contributed by atoms with van der Waals surface area (Å²) in [5.74, 6) is -2.89. The molecule has 0 spiro atoms. The van der Waals surface area contributed by atoms with Gasteiger partial charge in [0.1, 0.15) is 12.3 Å². The second-order valence-corrected chi connectivity index (χ2v) is 7.25. The van der Waals surface area contributed by atoms with Crippen LogP contribution >= 0.6 is 46.4 Å². The highest BCUT2D eigenvalue weighted by molar-refractivity contribution is 6.55. The first-order chi connectivity index (χ1) is 13.6. The van der Waals surface area contributed by atoms with Crippen LogP contribution in [0.2, 0.25) is 20.1 Å². The number of benzene rings is 1. The van der Waals surface area contributed by atoms with E-state index in [9.17, 15) is 19.2 Å². The highest BCUT2D eigenvalue weighted by Crippen LogP contribution is 2.44. The van der Waals surface area contributed by atoms with Gasteiger partial charge in [0.05, 0.1) is 31.2 Å². The number of esters is 1. The number of halogens is 4. The number of aryl methyl sites for hydroxylation is 1. The Bertz CT molecular complexity index is 1020. The van der Waals surface area contributed by atoms with Gasteiger partial charge in [0.25, 0.3) is 17.7 Å². The number of aromatic nitrogens is 1. The monoisotopic (exact) mass is 479 g/mol. The highest BCUT2D eigenvalue weighted by atomic mass is 35.5. The number of fused-ring (bicyclic) bond motifs is 1. The minimum atomic E-state index is -1.02. The van der Waals surface area contributed by atoms with Gasteiger partial charge in [0.15, 0.2) is 12.4 Å². The van der Waals surface area contributed by atoms with E-state index in [-0.39, 0.29) is 37.0 Å². The first kappa shape index (κ1) is 21.4. The minimum absolute atomic E-state index is 0.141. The summed E-state index contributed by atoms with van der Waals surface area (Å²) in [6.45, 7) is 0.182. The van der Waals surface area contributed by atoms with Gasteiger partial charge in [0, 0.05) is 6.07 Å². The molecule has 1 aliphatic rings. The summed E-state index contributed by atoms with van der Waals surface area (Å²) in [4.78, 5) is 49.4. The van der Waals surface area contributed by atoms with Crippen LogP contribution in [0.1, 0.15) is 26.5 Å². The van der Waals surface area contributed by atoms with Gasteiger partial charge in [-0.3, -0.25) is 24.1 Å². The number of anilines is 1. The van der Waals surface area contributed by atoms with Crippen molar-refractivity contribution in [1.82, 2.24) is 10.1 Å². The Hall–Kier alpha value is -2.33. The fraction of sp³-hybridized carbons (Fsp3) is 0.188. The quantitative estimate of drug-likeness (QED) is 0.301. The zero-order valence-corrected chi connectivity index (χ0v) is 17.4. The molecule has 13 heteroatoms. The Labute approximate surface area is 182 Å². The summed E-state index contributed by atoms with van der Waals surface area (Å²) in [6, 6.07) is 1.46. The Balaban J connectivity index is 1.66. The summed E-state index contributed by atoms with van der Waals surface area (Å²) < 4.78 is 9.55. The van der Waals surface area contributed by atoms with E-state index in [1.807, 2.05) is 0 Å². The third-order valence-electron chi connectivity index (χ3n) is 3.73. The lowest BCUT2D eigenvalue weighted by Crippen LogP contribution is -2.36. The number of rotatable bonds is 5. The number of nitrogens with zero attached hydrogens (tertiary/aromatic N) is 2. The van der Waals surface area contributed by atoms with E-state index in [0.29, 0.717) is 10.7 Å². The number of carbonyl (C=O) groups excluding carboxylic acids is 4. The van der Waals surface area contributed by atoms with E-state index in [1.54, 1.807) is 6.92 Å². The summed E-state index contributed by atoms with van der Waals surface area (Å²) in [7, 11) is 0. The number of amides is 3. The molecule has 0 bridgehead atoms. The van der Waals surface area contributed by atoms with Gasteiger partial charge in [-0.15, -0.1) is 0 Å². The predicted octanol–water partition coefficient (Wildman–Crippen LogP) is 3.37. The van der Waals surface area contributed by atoms with Crippen molar-refractivity contribution in [3.63, 3.8) is 0 Å². The maximum atomic E-state index is 12.5.